The van der Waals surface area contributed by atoms with Gasteiger partial charge in [0.1, 0.15) is 0 Å². The van der Waals surface area contributed by atoms with E-state index >= 15 is 0 Å². The number of piperidine rings is 1. The van der Waals surface area contributed by atoms with E-state index in [0.717, 1.165) is 32.4 Å². The normalized spacial score (nSPS) is 27.2. The van der Waals surface area contributed by atoms with Crippen LogP contribution in [-0.2, 0) is 9.53 Å². The van der Waals surface area contributed by atoms with Crippen LogP contribution in [-0.4, -0.2) is 37.7 Å². The summed E-state index contributed by atoms with van der Waals surface area (Å²) in [6, 6.07) is 0.336. The molecule has 1 saturated heterocycles. The Morgan fingerprint density at radius 2 is 2.00 bits per heavy atom. The number of ether oxygens (including phenoxy) is 1. The van der Waals surface area contributed by atoms with Gasteiger partial charge < -0.3 is 15.4 Å². The van der Waals surface area contributed by atoms with Gasteiger partial charge in [-0.1, -0.05) is 26.7 Å². The van der Waals surface area contributed by atoms with Crippen LogP contribution >= 0.6 is 0 Å². The van der Waals surface area contributed by atoms with E-state index in [2.05, 4.69) is 24.5 Å². The summed E-state index contributed by atoms with van der Waals surface area (Å²) in [5.41, 5.74) is 0.240. The maximum absolute atomic E-state index is 12.0. The van der Waals surface area contributed by atoms with Gasteiger partial charge >= 0.3 is 0 Å². The van der Waals surface area contributed by atoms with Crippen LogP contribution in [0.1, 0.15) is 58.8 Å². The summed E-state index contributed by atoms with van der Waals surface area (Å²) >= 11 is 0. The maximum Gasteiger partial charge on any atom is 0.222 e. The van der Waals surface area contributed by atoms with Gasteiger partial charge in [-0.05, 0) is 44.2 Å². The molecule has 2 fully saturated rings. The Kier molecular flexibility index (Phi) is 5.85. The lowest BCUT2D eigenvalue weighted by molar-refractivity contribution is -0.124. The monoisotopic (exact) mass is 282 g/mol. The molecule has 2 N–H and O–H groups in total. The first-order valence-electron chi connectivity index (χ1n) is 8.19. The van der Waals surface area contributed by atoms with Crippen molar-refractivity contribution in [3.8, 4) is 0 Å². The SMILES string of the molecule is CC1(C)CCCCC1NC(=O)CCOC1CCNCC1. The Hall–Kier alpha value is -0.610. The van der Waals surface area contributed by atoms with Crippen molar-refractivity contribution in [1.82, 2.24) is 10.6 Å². The van der Waals surface area contributed by atoms with Gasteiger partial charge in [-0.2, -0.15) is 0 Å². The number of carbonyl (C=O) groups excluding carboxylic acids is 1. The quantitative estimate of drug-likeness (QED) is 0.813. The molecule has 1 atom stereocenters. The van der Waals surface area contributed by atoms with Crippen LogP contribution in [0.4, 0.5) is 0 Å². The lowest BCUT2D eigenvalue weighted by Crippen LogP contribution is -2.47. The summed E-state index contributed by atoms with van der Waals surface area (Å²) in [7, 11) is 0. The van der Waals surface area contributed by atoms with Crippen molar-refractivity contribution in [3.63, 3.8) is 0 Å². The Labute approximate surface area is 123 Å². The fourth-order valence-electron chi connectivity index (χ4n) is 3.31. The third-order valence-electron chi connectivity index (χ3n) is 4.81. The molecular weight excluding hydrogens is 252 g/mol. The number of carbonyl (C=O) groups is 1. The Bertz CT molecular complexity index is 312. The van der Waals surface area contributed by atoms with E-state index < -0.39 is 0 Å². The minimum absolute atomic E-state index is 0.152. The van der Waals surface area contributed by atoms with E-state index in [1.165, 1.54) is 19.3 Å². The number of amides is 1. The number of rotatable bonds is 5. The molecule has 20 heavy (non-hydrogen) atoms. The molecule has 0 radical (unpaired) electrons. The maximum atomic E-state index is 12.0. The molecule has 0 spiro atoms. The molecule has 1 aliphatic carbocycles. The molecule has 2 aliphatic rings. The standard InChI is InChI=1S/C16H30N2O2/c1-16(2)9-4-3-5-14(16)18-15(19)8-12-20-13-6-10-17-11-7-13/h13-14,17H,3-12H2,1-2H3,(H,18,19). The number of nitrogens with one attached hydrogen (secondary N) is 2. The van der Waals surface area contributed by atoms with Crippen molar-refractivity contribution in [1.29, 1.82) is 0 Å². The van der Waals surface area contributed by atoms with E-state index in [4.69, 9.17) is 4.74 Å². The molecular formula is C16H30N2O2. The Morgan fingerprint density at radius 1 is 1.25 bits per heavy atom. The third-order valence-corrected chi connectivity index (χ3v) is 4.81. The summed E-state index contributed by atoms with van der Waals surface area (Å²) in [4.78, 5) is 12.0. The van der Waals surface area contributed by atoms with Crippen LogP contribution in [0.2, 0.25) is 0 Å². The molecule has 116 valence electrons. The highest BCUT2D eigenvalue weighted by Crippen LogP contribution is 2.35. The fourth-order valence-corrected chi connectivity index (χ4v) is 3.31. The first kappa shape index (κ1) is 15.8. The van der Waals surface area contributed by atoms with Gasteiger partial charge in [0.25, 0.3) is 0 Å². The molecule has 4 nitrogen and oxygen atoms in total. The van der Waals surface area contributed by atoms with Crippen molar-refractivity contribution in [3.05, 3.63) is 0 Å². The van der Waals surface area contributed by atoms with Gasteiger partial charge in [-0.3, -0.25) is 4.79 Å². The van der Waals surface area contributed by atoms with Crippen molar-refractivity contribution < 1.29 is 9.53 Å². The molecule has 1 amide bonds. The van der Waals surface area contributed by atoms with Crippen molar-refractivity contribution in [2.45, 2.75) is 70.9 Å². The van der Waals surface area contributed by atoms with Gasteiger partial charge in [0.05, 0.1) is 12.7 Å². The Balaban J connectivity index is 1.64. The predicted molar refractivity (Wildman–Crippen MR) is 80.6 cm³/mol. The highest BCUT2D eigenvalue weighted by molar-refractivity contribution is 5.76. The lowest BCUT2D eigenvalue weighted by Gasteiger charge is -2.39. The first-order valence-corrected chi connectivity index (χ1v) is 8.19. The molecule has 1 heterocycles. The molecule has 2 rings (SSSR count). The van der Waals surface area contributed by atoms with E-state index in [0.29, 0.717) is 25.2 Å². The average molecular weight is 282 g/mol. The van der Waals surface area contributed by atoms with Crippen LogP contribution in [0.25, 0.3) is 0 Å². The third kappa shape index (κ3) is 4.74. The van der Waals surface area contributed by atoms with E-state index in [1.54, 1.807) is 0 Å². The molecule has 1 unspecified atom stereocenters. The largest absolute Gasteiger partial charge is 0.378 e. The Morgan fingerprint density at radius 3 is 2.70 bits per heavy atom. The van der Waals surface area contributed by atoms with Gasteiger partial charge in [-0.25, -0.2) is 0 Å². The van der Waals surface area contributed by atoms with Crippen LogP contribution in [0.15, 0.2) is 0 Å². The first-order chi connectivity index (χ1) is 9.58. The van der Waals surface area contributed by atoms with Crippen LogP contribution in [0.5, 0.6) is 0 Å². The molecule has 1 aliphatic heterocycles. The molecule has 1 saturated carbocycles. The molecule has 0 aromatic heterocycles. The number of hydrogen-bond donors (Lipinski definition) is 2. The summed E-state index contributed by atoms with van der Waals surface area (Å²) in [6.45, 7) is 7.16. The van der Waals surface area contributed by atoms with Crippen molar-refractivity contribution in [2.24, 2.45) is 5.41 Å². The second-order valence-corrected chi connectivity index (χ2v) is 6.92. The summed E-state index contributed by atoms with van der Waals surface area (Å²) in [6.07, 6.45) is 7.83. The van der Waals surface area contributed by atoms with Gasteiger partial charge in [-0.15, -0.1) is 0 Å². The van der Waals surface area contributed by atoms with Gasteiger partial charge in [0, 0.05) is 12.5 Å². The van der Waals surface area contributed by atoms with E-state index in [1.807, 2.05) is 0 Å². The van der Waals surface area contributed by atoms with Crippen LogP contribution in [0.3, 0.4) is 0 Å². The average Bonchev–Trinajstić information content (AvgIpc) is 2.42. The lowest BCUT2D eigenvalue weighted by atomic mass is 9.73. The molecule has 0 aromatic rings. The minimum atomic E-state index is 0.152. The smallest absolute Gasteiger partial charge is 0.222 e. The second kappa shape index (κ2) is 7.41. The summed E-state index contributed by atoms with van der Waals surface area (Å²) in [5.74, 6) is 0.152. The molecule has 0 aromatic carbocycles. The number of hydrogen-bond acceptors (Lipinski definition) is 3. The molecule has 0 bridgehead atoms. The second-order valence-electron chi connectivity index (χ2n) is 6.92. The van der Waals surface area contributed by atoms with Crippen LogP contribution in [0, 0.1) is 5.41 Å². The summed E-state index contributed by atoms with van der Waals surface area (Å²) in [5, 5.41) is 6.53. The van der Waals surface area contributed by atoms with Crippen molar-refractivity contribution in [2.75, 3.05) is 19.7 Å². The molecule has 4 heteroatoms. The van der Waals surface area contributed by atoms with Crippen molar-refractivity contribution >= 4 is 5.91 Å². The zero-order chi connectivity index (χ0) is 14.4. The zero-order valence-corrected chi connectivity index (χ0v) is 13.0. The van der Waals surface area contributed by atoms with E-state index in [9.17, 15) is 4.79 Å². The minimum Gasteiger partial charge on any atom is -0.378 e. The zero-order valence-electron chi connectivity index (χ0n) is 13.0. The van der Waals surface area contributed by atoms with Gasteiger partial charge in [0.2, 0.25) is 5.91 Å². The predicted octanol–water partition coefficient (Wildman–Crippen LogP) is 2.23. The van der Waals surface area contributed by atoms with Gasteiger partial charge in [0.15, 0.2) is 0 Å². The topological polar surface area (TPSA) is 50.4 Å². The highest BCUT2D eigenvalue weighted by atomic mass is 16.5. The van der Waals surface area contributed by atoms with E-state index in [-0.39, 0.29) is 11.3 Å². The summed E-state index contributed by atoms with van der Waals surface area (Å²) < 4.78 is 5.79. The fraction of sp³-hybridized carbons (Fsp3) is 0.938. The highest BCUT2D eigenvalue weighted by Gasteiger charge is 2.32. The van der Waals surface area contributed by atoms with Crippen LogP contribution < -0.4 is 10.6 Å².